The molecule has 0 N–H and O–H groups in total. The molecule has 6 heteroatoms. The third-order valence-corrected chi connectivity index (χ3v) is 3.19. The Bertz CT molecular complexity index is 315. The maximum atomic E-state index is 10.5. The lowest BCUT2D eigenvalue weighted by Crippen LogP contribution is -2.39. The zero-order chi connectivity index (χ0) is 9.95. The second kappa shape index (κ2) is 3.82. The third-order valence-electron chi connectivity index (χ3n) is 2.07. The van der Waals surface area contributed by atoms with E-state index in [9.17, 15) is 8.42 Å². The van der Waals surface area contributed by atoms with Gasteiger partial charge >= 0.3 is 0 Å². The molecule has 13 heavy (non-hydrogen) atoms. The Kier molecular flexibility index (Phi) is 3.17. The van der Waals surface area contributed by atoms with Gasteiger partial charge in [0.15, 0.2) is 5.60 Å². The first-order valence-corrected chi connectivity index (χ1v) is 6.43. The summed E-state index contributed by atoms with van der Waals surface area (Å²) in [4.78, 5) is 0. The van der Waals surface area contributed by atoms with Gasteiger partial charge in [-0.05, 0) is 19.3 Å². The van der Waals surface area contributed by atoms with Crippen LogP contribution in [0.4, 0.5) is 0 Å². The van der Waals surface area contributed by atoms with E-state index in [1.54, 1.807) is 0 Å². The van der Waals surface area contributed by atoms with Crippen LogP contribution in [0.5, 0.6) is 0 Å². The molecule has 74 valence electrons. The Morgan fingerprint density at radius 1 is 1.54 bits per heavy atom. The smallest absolute Gasteiger partial charge is 0.234 e. The maximum absolute atomic E-state index is 10.5. The Balaban J connectivity index is 2.31. The Labute approximate surface area is 81.9 Å². The molecule has 1 rings (SSSR count). The SMILES string of the molecule is N#CC1(OCCS(=O)(=O)Cl)CCC1. The summed E-state index contributed by atoms with van der Waals surface area (Å²) in [6.07, 6.45) is 2.33. The molecule has 1 aliphatic carbocycles. The summed E-state index contributed by atoms with van der Waals surface area (Å²) in [7, 11) is 1.47. The van der Waals surface area contributed by atoms with E-state index in [0.29, 0.717) is 12.8 Å². The van der Waals surface area contributed by atoms with Crippen molar-refractivity contribution >= 4 is 19.7 Å². The first kappa shape index (κ1) is 10.8. The summed E-state index contributed by atoms with van der Waals surface area (Å²) in [5.74, 6) is -0.238. The average molecular weight is 224 g/mol. The summed E-state index contributed by atoms with van der Waals surface area (Å²) in [6, 6.07) is 2.04. The zero-order valence-electron chi connectivity index (χ0n) is 6.99. The summed E-state index contributed by atoms with van der Waals surface area (Å²) >= 11 is 0. The van der Waals surface area contributed by atoms with Crippen LogP contribution < -0.4 is 0 Å². The number of nitrogens with zero attached hydrogens (tertiary/aromatic N) is 1. The van der Waals surface area contributed by atoms with Crippen molar-refractivity contribution < 1.29 is 13.2 Å². The number of nitriles is 1. The number of hydrogen-bond acceptors (Lipinski definition) is 4. The Morgan fingerprint density at radius 2 is 2.15 bits per heavy atom. The standard InChI is InChI=1S/C7H10ClNO3S/c8-13(10,11)5-4-12-7(6-9)2-1-3-7/h1-5H2. The summed E-state index contributed by atoms with van der Waals surface area (Å²) in [6.45, 7) is -0.000602. The molecule has 1 aliphatic rings. The topological polar surface area (TPSA) is 67.2 Å². The Morgan fingerprint density at radius 3 is 2.46 bits per heavy atom. The molecule has 0 atom stereocenters. The highest BCUT2D eigenvalue weighted by molar-refractivity contribution is 8.13. The highest BCUT2D eigenvalue weighted by atomic mass is 35.7. The molecule has 0 spiro atoms. The molecule has 0 amide bonds. The van der Waals surface area contributed by atoms with Gasteiger partial charge in [-0.15, -0.1) is 0 Å². The van der Waals surface area contributed by atoms with Gasteiger partial charge in [0.1, 0.15) is 0 Å². The van der Waals surface area contributed by atoms with Crippen molar-refractivity contribution in [1.29, 1.82) is 5.26 Å². The zero-order valence-corrected chi connectivity index (χ0v) is 8.57. The minimum Gasteiger partial charge on any atom is -0.359 e. The minimum atomic E-state index is -3.50. The van der Waals surface area contributed by atoms with Gasteiger partial charge in [-0.1, -0.05) is 0 Å². The molecule has 0 bridgehead atoms. The van der Waals surface area contributed by atoms with Crippen LogP contribution in [0.2, 0.25) is 0 Å². The predicted octanol–water partition coefficient (Wildman–Crippen LogP) is 1.02. The monoisotopic (exact) mass is 223 g/mol. The lowest BCUT2D eigenvalue weighted by molar-refractivity contribution is -0.0488. The molecule has 0 unspecified atom stereocenters. The fourth-order valence-corrected chi connectivity index (χ4v) is 1.59. The molecule has 0 radical (unpaired) electrons. The van der Waals surface area contributed by atoms with Gasteiger partial charge in [-0.2, -0.15) is 5.26 Å². The number of hydrogen-bond donors (Lipinski definition) is 0. The van der Waals surface area contributed by atoms with Crippen molar-refractivity contribution in [2.24, 2.45) is 0 Å². The van der Waals surface area contributed by atoms with Crippen molar-refractivity contribution in [2.45, 2.75) is 24.9 Å². The van der Waals surface area contributed by atoms with Crippen LogP contribution in [-0.4, -0.2) is 26.4 Å². The maximum Gasteiger partial charge on any atom is 0.234 e. The third kappa shape index (κ3) is 3.14. The van der Waals surface area contributed by atoms with Crippen LogP contribution in [0.3, 0.4) is 0 Å². The molecule has 4 nitrogen and oxygen atoms in total. The summed E-state index contributed by atoms with van der Waals surface area (Å²) in [5, 5.41) is 8.71. The number of ether oxygens (including phenoxy) is 1. The van der Waals surface area contributed by atoms with E-state index in [1.165, 1.54) is 0 Å². The van der Waals surface area contributed by atoms with Crippen molar-refractivity contribution in [2.75, 3.05) is 12.4 Å². The van der Waals surface area contributed by atoms with Crippen LogP contribution in [-0.2, 0) is 13.8 Å². The molecule has 1 fully saturated rings. The molecule has 1 saturated carbocycles. The molecular weight excluding hydrogens is 214 g/mol. The molecular formula is C7H10ClNO3S. The highest BCUT2D eigenvalue weighted by Gasteiger charge is 2.38. The van der Waals surface area contributed by atoms with E-state index in [1.807, 2.05) is 6.07 Å². The van der Waals surface area contributed by atoms with Gasteiger partial charge in [-0.25, -0.2) is 8.42 Å². The minimum absolute atomic E-state index is 0.000602. The van der Waals surface area contributed by atoms with Crippen molar-refractivity contribution in [3.05, 3.63) is 0 Å². The van der Waals surface area contributed by atoms with E-state index >= 15 is 0 Å². The van der Waals surface area contributed by atoms with Crippen LogP contribution in [0, 0.1) is 11.3 Å². The van der Waals surface area contributed by atoms with E-state index in [4.69, 9.17) is 20.7 Å². The molecule has 0 heterocycles. The Hall–Kier alpha value is -0.310. The van der Waals surface area contributed by atoms with Crippen LogP contribution in [0.1, 0.15) is 19.3 Å². The molecule has 0 aromatic carbocycles. The van der Waals surface area contributed by atoms with E-state index in [0.717, 1.165) is 6.42 Å². The van der Waals surface area contributed by atoms with Crippen LogP contribution in [0.25, 0.3) is 0 Å². The van der Waals surface area contributed by atoms with Gasteiger partial charge in [0.2, 0.25) is 9.05 Å². The fraction of sp³-hybridized carbons (Fsp3) is 0.857. The molecule has 0 saturated heterocycles. The van der Waals surface area contributed by atoms with Crippen LogP contribution in [0.15, 0.2) is 0 Å². The lowest BCUT2D eigenvalue weighted by Gasteiger charge is -2.34. The number of rotatable bonds is 4. The number of halogens is 1. The fourth-order valence-electron chi connectivity index (χ4n) is 1.12. The second-order valence-corrected chi connectivity index (χ2v) is 5.95. The van der Waals surface area contributed by atoms with E-state index in [2.05, 4.69) is 0 Å². The first-order chi connectivity index (χ1) is 5.97. The predicted molar refractivity (Wildman–Crippen MR) is 47.8 cm³/mol. The van der Waals surface area contributed by atoms with Gasteiger partial charge in [-0.3, -0.25) is 0 Å². The quantitative estimate of drug-likeness (QED) is 0.668. The molecule has 0 aromatic heterocycles. The summed E-state index contributed by atoms with van der Waals surface area (Å²) < 4.78 is 26.2. The summed E-state index contributed by atoms with van der Waals surface area (Å²) in [5.41, 5.74) is -0.735. The van der Waals surface area contributed by atoms with Crippen molar-refractivity contribution in [1.82, 2.24) is 0 Å². The van der Waals surface area contributed by atoms with Gasteiger partial charge < -0.3 is 4.74 Å². The van der Waals surface area contributed by atoms with Gasteiger partial charge in [0, 0.05) is 10.7 Å². The highest BCUT2D eigenvalue weighted by Crippen LogP contribution is 2.34. The lowest BCUT2D eigenvalue weighted by atomic mass is 9.81. The molecule has 0 aliphatic heterocycles. The van der Waals surface area contributed by atoms with E-state index < -0.39 is 14.7 Å². The van der Waals surface area contributed by atoms with E-state index in [-0.39, 0.29) is 12.4 Å². The first-order valence-electron chi connectivity index (χ1n) is 3.95. The second-order valence-electron chi connectivity index (χ2n) is 3.05. The van der Waals surface area contributed by atoms with Gasteiger partial charge in [0.05, 0.1) is 18.4 Å². The van der Waals surface area contributed by atoms with Crippen molar-refractivity contribution in [3.63, 3.8) is 0 Å². The molecule has 0 aromatic rings. The average Bonchev–Trinajstić information content (AvgIpc) is 1.92. The normalized spacial score (nSPS) is 20.3. The van der Waals surface area contributed by atoms with Crippen LogP contribution >= 0.6 is 10.7 Å². The van der Waals surface area contributed by atoms with Gasteiger partial charge in [0.25, 0.3) is 0 Å². The largest absolute Gasteiger partial charge is 0.359 e. The van der Waals surface area contributed by atoms with Crippen molar-refractivity contribution in [3.8, 4) is 6.07 Å².